The van der Waals surface area contributed by atoms with Gasteiger partial charge in [0, 0.05) is 18.9 Å². The molecule has 0 aromatic heterocycles. The molecule has 8 heteroatoms. The molecule has 1 aromatic carbocycles. The average molecular weight is 369 g/mol. The monoisotopic (exact) mass is 369 g/mol. The summed E-state index contributed by atoms with van der Waals surface area (Å²) in [6.07, 6.45) is 1.74. The molecule has 1 aliphatic heterocycles. The number of fused-ring (bicyclic) bond motifs is 1. The third kappa shape index (κ3) is 3.78. The van der Waals surface area contributed by atoms with Gasteiger partial charge in [0.1, 0.15) is 11.5 Å². The lowest BCUT2D eigenvalue weighted by Crippen LogP contribution is -2.52. The Morgan fingerprint density at radius 2 is 1.76 bits per heavy atom. The van der Waals surface area contributed by atoms with Crippen LogP contribution in [0.4, 0.5) is 0 Å². The Morgan fingerprint density at radius 1 is 1.16 bits per heavy atom. The predicted octanol–water partition coefficient (Wildman–Crippen LogP) is 1.70. The van der Waals surface area contributed by atoms with Gasteiger partial charge < -0.3 is 9.47 Å². The Labute approximate surface area is 147 Å². The molecule has 1 atom stereocenters. The van der Waals surface area contributed by atoms with Crippen LogP contribution in [0.5, 0.6) is 11.5 Å². The van der Waals surface area contributed by atoms with Gasteiger partial charge in [0.2, 0.25) is 10.0 Å². The first-order valence-corrected chi connectivity index (χ1v) is 9.77. The summed E-state index contributed by atoms with van der Waals surface area (Å²) in [4.78, 5) is 23.7. The van der Waals surface area contributed by atoms with Crippen LogP contribution in [0.1, 0.15) is 42.5 Å². The van der Waals surface area contributed by atoms with Gasteiger partial charge >= 0.3 is 5.97 Å². The van der Waals surface area contributed by atoms with Crippen molar-refractivity contribution in [3.63, 3.8) is 0 Å². The van der Waals surface area contributed by atoms with Crippen molar-refractivity contribution in [3.05, 3.63) is 22.3 Å². The van der Waals surface area contributed by atoms with E-state index in [4.69, 9.17) is 9.47 Å². The highest BCUT2D eigenvalue weighted by atomic mass is 32.2. The molecule has 1 aliphatic rings. The maximum atomic E-state index is 12.4. The van der Waals surface area contributed by atoms with Crippen molar-refractivity contribution < 1.29 is 27.5 Å². The molecule has 1 unspecified atom stereocenters. The number of nitrogens with one attached hydrogen (secondary N) is 1. The fourth-order valence-corrected chi connectivity index (χ4v) is 3.52. The van der Waals surface area contributed by atoms with Crippen LogP contribution in [0.2, 0.25) is 0 Å². The van der Waals surface area contributed by atoms with E-state index in [1.807, 2.05) is 25.5 Å². The second kappa shape index (κ2) is 6.33. The summed E-state index contributed by atoms with van der Waals surface area (Å²) in [5.41, 5.74) is 1.87. The van der Waals surface area contributed by atoms with Crippen LogP contribution in [0.15, 0.2) is 0 Å². The molecule has 2 rings (SSSR count). The summed E-state index contributed by atoms with van der Waals surface area (Å²) in [7, 11) is -3.67. The van der Waals surface area contributed by atoms with E-state index in [2.05, 4.69) is 0 Å². The molecule has 0 radical (unpaired) electrons. The highest BCUT2D eigenvalue weighted by molar-refractivity contribution is 7.89. The lowest BCUT2D eigenvalue weighted by molar-refractivity contribution is -0.135. The van der Waals surface area contributed by atoms with Gasteiger partial charge in [0.15, 0.2) is 5.60 Å². The van der Waals surface area contributed by atoms with E-state index in [9.17, 15) is 18.0 Å². The van der Waals surface area contributed by atoms with E-state index in [-0.39, 0.29) is 0 Å². The van der Waals surface area contributed by atoms with Crippen LogP contribution in [-0.4, -0.2) is 32.2 Å². The summed E-state index contributed by atoms with van der Waals surface area (Å²) in [6, 6.07) is 0. The highest BCUT2D eigenvalue weighted by Crippen LogP contribution is 2.43. The Bertz CT molecular complexity index is 859. The average Bonchev–Trinajstić information content (AvgIpc) is 2.47. The highest BCUT2D eigenvalue weighted by Gasteiger charge is 2.42. The van der Waals surface area contributed by atoms with Crippen LogP contribution >= 0.6 is 0 Å². The molecule has 7 nitrogen and oxygen atoms in total. The van der Waals surface area contributed by atoms with Crippen molar-refractivity contribution in [3.8, 4) is 11.5 Å². The zero-order valence-corrected chi connectivity index (χ0v) is 16.1. The van der Waals surface area contributed by atoms with E-state index in [0.29, 0.717) is 24.3 Å². The minimum absolute atomic E-state index is 0.310. The third-order valence-corrected chi connectivity index (χ3v) is 5.05. The molecule has 1 amide bonds. The number of benzene rings is 1. The van der Waals surface area contributed by atoms with Crippen molar-refractivity contribution >= 4 is 21.9 Å². The summed E-state index contributed by atoms with van der Waals surface area (Å²) in [5.74, 6) is -0.0427. The second-order valence-electron chi connectivity index (χ2n) is 6.64. The van der Waals surface area contributed by atoms with Gasteiger partial charge in [-0.25, -0.2) is 13.1 Å². The number of hydrogen-bond donors (Lipinski definition) is 1. The molecule has 0 saturated carbocycles. The first-order valence-electron chi connectivity index (χ1n) is 7.88. The van der Waals surface area contributed by atoms with Crippen molar-refractivity contribution in [1.29, 1.82) is 0 Å². The maximum absolute atomic E-state index is 12.4. The number of amides is 1. The van der Waals surface area contributed by atoms with Gasteiger partial charge in [-0.3, -0.25) is 9.59 Å². The van der Waals surface area contributed by atoms with E-state index in [0.717, 1.165) is 28.5 Å². The standard InChI is InChI=1S/C17H23NO6S/c1-9-10(2)15-13(11(3)14(9)23-12(4)19)7-8-17(5,24-15)16(20)18-25(6,21)22/h7-8H2,1-6H3,(H,18,20). The van der Waals surface area contributed by atoms with Gasteiger partial charge in [0.25, 0.3) is 5.91 Å². The van der Waals surface area contributed by atoms with Crippen LogP contribution in [0.3, 0.4) is 0 Å². The Hall–Kier alpha value is -2.09. The second-order valence-corrected chi connectivity index (χ2v) is 8.39. The minimum atomic E-state index is -3.67. The molecule has 25 heavy (non-hydrogen) atoms. The molecular formula is C17H23NO6S. The number of hydrogen-bond acceptors (Lipinski definition) is 6. The van der Waals surface area contributed by atoms with Crippen molar-refractivity contribution in [2.75, 3.05) is 6.26 Å². The Balaban J connectivity index is 2.48. The van der Waals surface area contributed by atoms with Gasteiger partial charge in [-0.1, -0.05) is 0 Å². The third-order valence-electron chi connectivity index (χ3n) is 4.49. The Morgan fingerprint density at radius 3 is 2.28 bits per heavy atom. The maximum Gasteiger partial charge on any atom is 0.308 e. The molecular weight excluding hydrogens is 346 g/mol. The first-order chi connectivity index (χ1) is 11.4. The molecule has 0 saturated heterocycles. The van der Waals surface area contributed by atoms with Crippen molar-refractivity contribution in [2.45, 2.75) is 53.1 Å². The van der Waals surface area contributed by atoms with E-state index >= 15 is 0 Å². The number of ether oxygens (including phenoxy) is 2. The molecule has 0 aliphatic carbocycles. The molecule has 1 aromatic rings. The number of carbonyl (C=O) groups excluding carboxylic acids is 2. The van der Waals surface area contributed by atoms with Crippen molar-refractivity contribution in [2.24, 2.45) is 0 Å². The van der Waals surface area contributed by atoms with Crippen molar-refractivity contribution in [1.82, 2.24) is 4.72 Å². The van der Waals surface area contributed by atoms with Gasteiger partial charge in [-0.2, -0.15) is 0 Å². The lowest BCUT2D eigenvalue weighted by Gasteiger charge is -2.36. The zero-order chi connectivity index (χ0) is 19.2. The van der Waals surface area contributed by atoms with Crippen LogP contribution in [-0.2, 0) is 26.0 Å². The lowest BCUT2D eigenvalue weighted by atomic mass is 9.87. The SMILES string of the molecule is CC(=O)Oc1c(C)c(C)c2c(c1C)CCC(C)(C(=O)NS(C)(=O)=O)O2. The van der Waals surface area contributed by atoms with Crippen LogP contribution < -0.4 is 14.2 Å². The fourth-order valence-electron chi connectivity index (χ4n) is 2.97. The van der Waals surface area contributed by atoms with Crippen LogP contribution in [0, 0.1) is 20.8 Å². The van der Waals surface area contributed by atoms with E-state index in [1.54, 1.807) is 6.92 Å². The molecule has 138 valence electrons. The minimum Gasteiger partial charge on any atom is -0.477 e. The smallest absolute Gasteiger partial charge is 0.308 e. The van der Waals surface area contributed by atoms with Gasteiger partial charge in [-0.05, 0) is 50.8 Å². The fraction of sp³-hybridized carbons (Fsp3) is 0.529. The number of esters is 1. The predicted molar refractivity (Wildman–Crippen MR) is 92.3 cm³/mol. The largest absolute Gasteiger partial charge is 0.477 e. The molecule has 1 N–H and O–H groups in total. The topological polar surface area (TPSA) is 98.8 Å². The van der Waals surface area contributed by atoms with Gasteiger partial charge in [-0.15, -0.1) is 0 Å². The first kappa shape index (κ1) is 19.2. The van der Waals surface area contributed by atoms with Gasteiger partial charge in [0.05, 0.1) is 6.26 Å². The number of carbonyl (C=O) groups is 2. The van der Waals surface area contributed by atoms with E-state index < -0.39 is 27.5 Å². The quantitative estimate of drug-likeness (QED) is 0.643. The van der Waals surface area contributed by atoms with E-state index in [1.165, 1.54) is 6.92 Å². The number of rotatable bonds is 3. The Kier molecular flexibility index (Phi) is 4.87. The number of sulfonamides is 1. The summed E-state index contributed by atoms with van der Waals surface area (Å²) in [5, 5.41) is 0. The molecule has 0 fully saturated rings. The molecule has 1 heterocycles. The zero-order valence-electron chi connectivity index (χ0n) is 15.3. The summed E-state index contributed by atoms with van der Waals surface area (Å²) >= 11 is 0. The summed E-state index contributed by atoms with van der Waals surface area (Å²) in [6.45, 7) is 8.39. The van der Waals surface area contributed by atoms with Crippen LogP contribution in [0.25, 0.3) is 0 Å². The normalized spacial score (nSPS) is 19.6. The molecule has 0 spiro atoms. The molecule has 0 bridgehead atoms. The summed E-state index contributed by atoms with van der Waals surface area (Å²) < 4.78 is 36.0.